The second kappa shape index (κ2) is 9.93. The molecular formula is C21H31NO4S. The molecular weight excluding hydrogens is 362 g/mol. The van der Waals surface area contributed by atoms with Crippen LogP contribution in [0.4, 0.5) is 0 Å². The number of benzene rings is 1. The van der Waals surface area contributed by atoms with Crippen LogP contribution in [0.3, 0.4) is 0 Å². The van der Waals surface area contributed by atoms with Crippen LogP contribution >= 0.6 is 0 Å². The molecule has 6 heteroatoms. The second-order valence-electron chi connectivity index (χ2n) is 7.15. The molecule has 1 heterocycles. The Bertz CT molecular complexity index is 757. The van der Waals surface area contributed by atoms with Crippen molar-refractivity contribution in [2.24, 2.45) is 0 Å². The molecule has 0 saturated carbocycles. The molecule has 1 saturated heterocycles. The van der Waals surface area contributed by atoms with Crippen molar-refractivity contribution in [3.05, 3.63) is 35.9 Å². The van der Waals surface area contributed by atoms with Gasteiger partial charge in [-0.05, 0) is 38.3 Å². The average Bonchev–Trinajstić information content (AvgIpc) is 3.00. The first-order valence-electron chi connectivity index (χ1n) is 9.81. The summed E-state index contributed by atoms with van der Waals surface area (Å²) in [4.78, 5) is 14.5. The van der Waals surface area contributed by atoms with Crippen LogP contribution in [-0.4, -0.2) is 49.4 Å². The van der Waals surface area contributed by atoms with Crippen LogP contribution in [0.2, 0.25) is 0 Å². The number of nitrogens with zero attached hydrogens (tertiary/aromatic N) is 1. The lowest BCUT2D eigenvalue weighted by atomic mass is 10.1. The lowest BCUT2D eigenvalue weighted by Crippen LogP contribution is -2.40. The summed E-state index contributed by atoms with van der Waals surface area (Å²) in [6, 6.07) is 7.41. The van der Waals surface area contributed by atoms with Crippen LogP contribution in [0.15, 0.2) is 30.3 Å². The number of carbonyl (C=O) groups excluding carboxylic acids is 1. The standard InChI is InChI=1S/C21H31NO4S/c1-4-6-14-22(19-13-15-27(24,25)16-19)21(23)12-11-18-9-7-8-10-20(18)26-17(3)5-2/h7-12,17,19H,4-6,13-16H2,1-3H3/b12-11+. The SMILES string of the molecule is CCCCN(C(=O)/C=C/c1ccccc1OC(C)CC)C1CCS(=O)(=O)C1. The van der Waals surface area contributed by atoms with Gasteiger partial charge < -0.3 is 9.64 Å². The van der Waals surface area contributed by atoms with Crippen molar-refractivity contribution in [3.8, 4) is 5.75 Å². The first-order valence-corrected chi connectivity index (χ1v) is 11.6. The number of rotatable bonds is 9. The van der Waals surface area contributed by atoms with Crippen molar-refractivity contribution in [2.45, 2.75) is 58.6 Å². The predicted molar refractivity (Wildman–Crippen MR) is 110 cm³/mol. The number of ether oxygens (including phenoxy) is 1. The Hall–Kier alpha value is -1.82. The highest BCUT2D eigenvalue weighted by molar-refractivity contribution is 7.91. The molecule has 0 aliphatic carbocycles. The summed E-state index contributed by atoms with van der Waals surface area (Å²) in [7, 11) is -3.03. The fourth-order valence-electron chi connectivity index (χ4n) is 3.10. The van der Waals surface area contributed by atoms with Gasteiger partial charge in [0.15, 0.2) is 9.84 Å². The molecule has 150 valence electrons. The van der Waals surface area contributed by atoms with Crippen LogP contribution in [0.25, 0.3) is 6.08 Å². The van der Waals surface area contributed by atoms with Gasteiger partial charge in [-0.3, -0.25) is 4.79 Å². The Labute approximate surface area is 163 Å². The van der Waals surface area contributed by atoms with Crippen LogP contribution in [-0.2, 0) is 14.6 Å². The van der Waals surface area contributed by atoms with E-state index in [9.17, 15) is 13.2 Å². The third-order valence-electron chi connectivity index (χ3n) is 4.91. The summed E-state index contributed by atoms with van der Waals surface area (Å²) in [6.45, 7) is 6.73. The van der Waals surface area contributed by atoms with Gasteiger partial charge in [-0.2, -0.15) is 0 Å². The normalized spacial score (nSPS) is 19.9. The predicted octanol–water partition coefficient (Wildman–Crippen LogP) is 3.69. The maximum absolute atomic E-state index is 12.8. The summed E-state index contributed by atoms with van der Waals surface area (Å²) in [5, 5.41) is 0. The molecule has 0 radical (unpaired) electrons. The van der Waals surface area contributed by atoms with Gasteiger partial charge in [-0.1, -0.05) is 38.5 Å². The summed E-state index contributed by atoms with van der Waals surface area (Å²) in [6.07, 6.45) is 6.65. The van der Waals surface area contributed by atoms with Gasteiger partial charge in [0.1, 0.15) is 5.75 Å². The quantitative estimate of drug-likeness (QED) is 0.600. The molecule has 1 aromatic carbocycles. The lowest BCUT2D eigenvalue weighted by Gasteiger charge is -2.27. The zero-order valence-corrected chi connectivity index (χ0v) is 17.4. The van der Waals surface area contributed by atoms with Gasteiger partial charge in [-0.25, -0.2) is 8.42 Å². The van der Waals surface area contributed by atoms with E-state index in [1.165, 1.54) is 0 Å². The molecule has 27 heavy (non-hydrogen) atoms. The molecule has 1 fully saturated rings. The number of unbranched alkanes of at least 4 members (excludes halogenated alkanes) is 1. The maximum Gasteiger partial charge on any atom is 0.246 e. The molecule has 1 amide bonds. The van der Waals surface area contributed by atoms with E-state index < -0.39 is 9.84 Å². The minimum atomic E-state index is -3.03. The Morgan fingerprint density at radius 2 is 2.07 bits per heavy atom. The van der Waals surface area contributed by atoms with Crippen LogP contribution < -0.4 is 4.74 Å². The summed E-state index contributed by atoms with van der Waals surface area (Å²) in [5.41, 5.74) is 0.848. The van der Waals surface area contributed by atoms with Gasteiger partial charge in [0.05, 0.1) is 17.6 Å². The Balaban J connectivity index is 2.15. The van der Waals surface area contributed by atoms with Gasteiger partial charge >= 0.3 is 0 Å². The van der Waals surface area contributed by atoms with Crippen molar-refractivity contribution in [1.29, 1.82) is 0 Å². The van der Waals surface area contributed by atoms with Crippen molar-refractivity contribution in [1.82, 2.24) is 4.90 Å². The van der Waals surface area contributed by atoms with Gasteiger partial charge in [0.25, 0.3) is 0 Å². The molecule has 2 unspecified atom stereocenters. The van der Waals surface area contributed by atoms with E-state index in [-0.39, 0.29) is 29.6 Å². The second-order valence-corrected chi connectivity index (χ2v) is 9.38. The molecule has 0 spiro atoms. The highest BCUT2D eigenvalue weighted by Crippen LogP contribution is 2.23. The summed E-state index contributed by atoms with van der Waals surface area (Å²) in [5.74, 6) is 0.857. The van der Waals surface area contributed by atoms with Crippen LogP contribution in [0.1, 0.15) is 52.0 Å². The van der Waals surface area contributed by atoms with Gasteiger partial charge in [0.2, 0.25) is 5.91 Å². The number of para-hydroxylation sites is 1. The number of hydrogen-bond acceptors (Lipinski definition) is 4. The maximum atomic E-state index is 12.8. The number of sulfone groups is 1. The third-order valence-corrected chi connectivity index (χ3v) is 6.66. The molecule has 1 aromatic rings. The molecule has 5 nitrogen and oxygen atoms in total. The zero-order chi connectivity index (χ0) is 19.9. The van der Waals surface area contributed by atoms with Crippen molar-refractivity contribution in [2.75, 3.05) is 18.1 Å². The van der Waals surface area contributed by atoms with E-state index in [0.717, 1.165) is 30.6 Å². The first-order chi connectivity index (χ1) is 12.9. The molecule has 2 atom stereocenters. The Morgan fingerprint density at radius 1 is 1.33 bits per heavy atom. The van der Waals surface area contributed by atoms with Crippen molar-refractivity contribution in [3.63, 3.8) is 0 Å². The number of amides is 1. The fraction of sp³-hybridized carbons (Fsp3) is 0.571. The minimum Gasteiger partial charge on any atom is -0.490 e. The summed E-state index contributed by atoms with van der Waals surface area (Å²) < 4.78 is 29.6. The molecule has 0 bridgehead atoms. The van der Waals surface area contributed by atoms with Crippen LogP contribution in [0, 0.1) is 0 Å². The molecule has 2 rings (SSSR count). The molecule has 0 N–H and O–H groups in total. The van der Waals surface area contributed by atoms with Gasteiger partial charge in [-0.15, -0.1) is 0 Å². The Morgan fingerprint density at radius 3 is 2.70 bits per heavy atom. The third kappa shape index (κ3) is 6.38. The Kier molecular flexibility index (Phi) is 7.90. The van der Waals surface area contributed by atoms with E-state index in [4.69, 9.17) is 4.74 Å². The number of hydrogen-bond donors (Lipinski definition) is 0. The highest BCUT2D eigenvalue weighted by Gasteiger charge is 2.33. The lowest BCUT2D eigenvalue weighted by molar-refractivity contribution is -0.127. The topological polar surface area (TPSA) is 63.7 Å². The van der Waals surface area contributed by atoms with E-state index in [1.807, 2.05) is 31.2 Å². The van der Waals surface area contributed by atoms with E-state index in [1.54, 1.807) is 17.1 Å². The molecule has 0 aromatic heterocycles. The minimum absolute atomic E-state index is 0.0734. The van der Waals surface area contributed by atoms with E-state index >= 15 is 0 Å². The van der Waals surface area contributed by atoms with E-state index in [2.05, 4.69) is 13.8 Å². The molecule has 1 aliphatic rings. The first kappa shape index (κ1) is 21.5. The average molecular weight is 394 g/mol. The smallest absolute Gasteiger partial charge is 0.246 e. The monoisotopic (exact) mass is 393 g/mol. The van der Waals surface area contributed by atoms with Crippen molar-refractivity contribution < 1.29 is 17.9 Å². The largest absolute Gasteiger partial charge is 0.490 e. The summed E-state index contributed by atoms with van der Waals surface area (Å²) >= 11 is 0. The van der Waals surface area contributed by atoms with Crippen molar-refractivity contribution >= 4 is 21.8 Å². The van der Waals surface area contributed by atoms with E-state index in [0.29, 0.717) is 13.0 Å². The zero-order valence-electron chi connectivity index (χ0n) is 16.6. The number of carbonyl (C=O) groups is 1. The highest BCUT2D eigenvalue weighted by atomic mass is 32.2. The van der Waals surface area contributed by atoms with Gasteiger partial charge in [0, 0.05) is 24.2 Å². The van der Waals surface area contributed by atoms with Crippen LogP contribution in [0.5, 0.6) is 5.75 Å². The fourth-order valence-corrected chi connectivity index (χ4v) is 4.84. The molecule has 1 aliphatic heterocycles.